The van der Waals surface area contributed by atoms with Crippen LogP contribution in [0, 0.1) is 13.0 Å². The number of carbonyl (C=O) groups excluding carboxylic acids is 1. The molecule has 0 bridgehead atoms. The summed E-state index contributed by atoms with van der Waals surface area (Å²) in [6.07, 6.45) is 8.51. The molecule has 116 valence electrons. The second-order valence-corrected chi connectivity index (χ2v) is 5.42. The number of pyridine rings is 1. The Morgan fingerprint density at radius 1 is 1.48 bits per heavy atom. The summed E-state index contributed by atoms with van der Waals surface area (Å²) in [7, 11) is 0. The molecule has 2 aromatic rings. The summed E-state index contributed by atoms with van der Waals surface area (Å²) < 4.78 is 6.60. The summed E-state index contributed by atoms with van der Waals surface area (Å²) in [5.74, 6) is -0.463. The van der Waals surface area contributed by atoms with E-state index in [9.17, 15) is 4.79 Å². The molecule has 6 nitrogen and oxygen atoms in total. The SMILES string of the molecule is CCOC(=O)c1nnn(CC2=Cc3cc(Cl)cnc3C=[C+]2)c1C. The van der Waals surface area contributed by atoms with Crippen LogP contribution in [0.15, 0.2) is 17.8 Å². The van der Waals surface area contributed by atoms with Gasteiger partial charge in [-0.15, -0.1) is 5.10 Å². The molecule has 0 spiro atoms. The molecule has 1 aliphatic rings. The molecule has 2 aromatic heterocycles. The van der Waals surface area contributed by atoms with Gasteiger partial charge in [-0.2, -0.15) is 4.98 Å². The van der Waals surface area contributed by atoms with Crippen LogP contribution in [-0.2, 0) is 11.3 Å². The van der Waals surface area contributed by atoms with Crippen molar-refractivity contribution in [2.45, 2.75) is 20.4 Å². The third kappa shape index (κ3) is 3.13. The van der Waals surface area contributed by atoms with Gasteiger partial charge in [-0.25, -0.2) is 9.48 Å². The molecule has 23 heavy (non-hydrogen) atoms. The maximum atomic E-state index is 11.8. The highest BCUT2D eigenvalue weighted by Crippen LogP contribution is 2.23. The van der Waals surface area contributed by atoms with Crippen molar-refractivity contribution in [1.29, 1.82) is 0 Å². The molecule has 1 aliphatic carbocycles. The van der Waals surface area contributed by atoms with Crippen molar-refractivity contribution in [2.75, 3.05) is 6.61 Å². The molecule has 7 heteroatoms. The van der Waals surface area contributed by atoms with Crippen molar-refractivity contribution >= 4 is 29.7 Å². The largest absolute Gasteiger partial charge is 0.461 e. The van der Waals surface area contributed by atoms with Crippen LogP contribution in [0.5, 0.6) is 0 Å². The Kier molecular flexibility index (Phi) is 4.19. The highest BCUT2D eigenvalue weighted by atomic mass is 35.5. The number of aromatic nitrogens is 4. The normalized spacial score (nSPS) is 12.4. The van der Waals surface area contributed by atoms with E-state index in [0.29, 0.717) is 23.9 Å². The van der Waals surface area contributed by atoms with E-state index in [2.05, 4.69) is 21.4 Å². The highest BCUT2D eigenvalue weighted by molar-refractivity contribution is 6.30. The molecule has 0 unspecified atom stereocenters. The molecule has 0 radical (unpaired) electrons. The van der Waals surface area contributed by atoms with Gasteiger partial charge in [0.15, 0.2) is 11.4 Å². The number of carbonyl (C=O) groups is 1. The molecule has 0 saturated heterocycles. The summed E-state index contributed by atoms with van der Waals surface area (Å²) in [5, 5.41) is 8.49. The number of hydrogen-bond acceptors (Lipinski definition) is 5. The van der Waals surface area contributed by atoms with Gasteiger partial charge < -0.3 is 4.74 Å². The van der Waals surface area contributed by atoms with Crippen LogP contribution in [0.4, 0.5) is 0 Å². The number of rotatable bonds is 4. The molecular formula is C16H14ClN4O2+. The third-order valence-corrected chi connectivity index (χ3v) is 3.62. The molecule has 0 atom stereocenters. The number of esters is 1. The fourth-order valence-corrected chi connectivity index (χ4v) is 2.41. The van der Waals surface area contributed by atoms with Crippen LogP contribution in [0.1, 0.15) is 34.4 Å². The Morgan fingerprint density at radius 2 is 2.30 bits per heavy atom. The minimum atomic E-state index is -0.463. The first kappa shape index (κ1) is 15.3. The zero-order valence-corrected chi connectivity index (χ0v) is 13.5. The minimum absolute atomic E-state index is 0.234. The molecule has 0 fully saturated rings. The lowest BCUT2D eigenvalue weighted by molar-refractivity contribution is 0.0518. The second kappa shape index (κ2) is 6.28. The molecule has 0 amide bonds. The van der Waals surface area contributed by atoms with Gasteiger partial charge in [0.25, 0.3) is 0 Å². The van der Waals surface area contributed by atoms with E-state index in [4.69, 9.17) is 16.3 Å². The van der Waals surface area contributed by atoms with Gasteiger partial charge in [0.05, 0.1) is 29.6 Å². The van der Waals surface area contributed by atoms with Crippen molar-refractivity contribution in [3.05, 3.63) is 51.6 Å². The predicted molar refractivity (Wildman–Crippen MR) is 85.6 cm³/mol. The van der Waals surface area contributed by atoms with Crippen LogP contribution in [0.3, 0.4) is 0 Å². The Labute approximate surface area is 138 Å². The van der Waals surface area contributed by atoms with E-state index in [1.54, 1.807) is 30.8 Å². The number of fused-ring (bicyclic) bond motifs is 1. The first-order valence-corrected chi connectivity index (χ1v) is 7.49. The quantitative estimate of drug-likeness (QED) is 0.637. The third-order valence-electron chi connectivity index (χ3n) is 3.41. The Hall–Kier alpha value is -2.56. The van der Waals surface area contributed by atoms with Gasteiger partial charge in [-0.1, -0.05) is 16.8 Å². The molecule has 2 heterocycles. The van der Waals surface area contributed by atoms with Gasteiger partial charge in [0, 0.05) is 6.08 Å². The lowest BCUT2D eigenvalue weighted by Crippen LogP contribution is -2.09. The van der Waals surface area contributed by atoms with Crippen LogP contribution in [0.2, 0.25) is 5.02 Å². The maximum Gasteiger partial charge on any atom is 0.360 e. The van der Waals surface area contributed by atoms with E-state index in [1.165, 1.54) is 0 Å². The molecule has 0 N–H and O–H groups in total. The van der Waals surface area contributed by atoms with Crippen LogP contribution >= 0.6 is 11.6 Å². The van der Waals surface area contributed by atoms with Crippen molar-refractivity contribution in [2.24, 2.45) is 0 Å². The van der Waals surface area contributed by atoms with E-state index in [0.717, 1.165) is 16.8 Å². The standard InChI is InChI=1S/C16H14ClN4O2/c1-3-23-16(22)15-10(2)21(20-19-15)9-11-4-5-14-12(6-11)7-13(17)8-18-14/h5-8H,3,9H2,1-2H3/q+1. The summed E-state index contributed by atoms with van der Waals surface area (Å²) >= 11 is 5.97. The lowest BCUT2D eigenvalue weighted by Gasteiger charge is -2.04. The fraction of sp³-hybridized carbons (Fsp3) is 0.250. The van der Waals surface area contributed by atoms with Gasteiger partial charge in [0.2, 0.25) is 0 Å². The second-order valence-electron chi connectivity index (χ2n) is 4.99. The van der Waals surface area contributed by atoms with Gasteiger partial charge in [-0.05, 0) is 19.9 Å². The van der Waals surface area contributed by atoms with E-state index < -0.39 is 5.97 Å². The summed E-state index contributed by atoms with van der Waals surface area (Å²) in [5.41, 5.74) is 3.53. The topological polar surface area (TPSA) is 69.9 Å². The smallest absolute Gasteiger partial charge is 0.360 e. The van der Waals surface area contributed by atoms with Crippen molar-refractivity contribution in [3.8, 4) is 0 Å². The number of hydrogen-bond donors (Lipinski definition) is 0. The summed E-state index contributed by atoms with van der Waals surface area (Å²) in [6, 6.07) is 1.85. The summed E-state index contributed by atoms with van der Waals surface area (Å²) in [6.45, 7) is 4.28. The lowest BCUT2D eigenvalue weighted by atomic mass is 10.0. The van der Waals surface area contributed by atoms with Crippen LogP contribution < -0.4 is 0 Å². The highest BCUT2D eigenvalue weighted by Gasteiger charge is 2.21. The first-order valence-electron chi connectivity index (χ1n) is 7.11. The van der Waals surface area contributed by atoms with Gasteiger partial charge in [0.1, 0.15) is 23.8 Å². The van der Waals surface area contributed by atoms with Crippen molar-refractivity contribution in [3.63, 3.8) is 0 Å². The van der Waals surface area contributed by atoms with Crippen molar-refractivity contribution in [1.82, 2.24) is 20.0 Å². The molecule has 0 saturated carbocycles. The average molecular weight is 330 g/mol. The zero-order valence-electron chi connectivity index (χ0n) is 12.7. The molecular weight excluding hydrogens is 316 g/mol. The molecule has 3 rings (SSSR count). The predicted octanol–water partition coefficient (Wildman–Crippen LogP) is 2.73. The van der Waals surface area contributed by atoms with Gasteiger partial charge in [-0.3, -0.25) is 0 Å². The van der Waals surface area contributed by atoms with Crippen LogP contribution in [0.25, 0.3) is 12.2 Å². The number of ether oxygens (including phenoxy) is 1. The first-order chi connectivity index (χ1) is 11.1. The Morgan fingerprint density at radius 3 is 3.09 bits per heavy atom. The van der Waals surface area contributed by atoms with E-state index in [-0.39, 0.29) is 5.69 Å². The summed E-state index contributed by atoms with van der Waals surface area (Å²) in [4.78, 5) is 16.0. The van der Waals surface area contributed by atoms with E-state index >= 15 is 0 Å². The Bertz CT molecular complexity index is 823. The van der Waals surface area contributed by atoms with Crippen molar-refractivity contribution < 1.29 is 9.53 Å². The van der Waals surface area contributed by atoms with E-state index in [1.807, 2.05) is 12.1 Å². The van der Waals surface area contributed by atoms with Crippen LogP contribution in [-0.4, -0.2) is 32.6 Å². The minimum Gasteiger partial charge on any atom is -0.461 e. The Balaban J connectivity index is 1.84. The number of allylic oxidation sites excluding steroid dienone is 2. The fourth-order valence-electron chi connectivity index (χ4n) is 2.24. The average Bonchev–Trinajstić information content (AvgIpc) is 2.88. The number of halogens is 1. The number of nitrogens with zero attached hydrogens (tertiary/aromatic N) is 4. The zero-order chi connectivity index (χ0) is 16.4. The maximum absolute atomic E-state index is 11.8. The van der Waals surface area contributed by atoms with Gasteiger partial charge >= 0.3 is 5.97 Å². The monoisotopic (exact) mass is 329 g/mol. The molecule has 0 aliphatic heterocycles. The molecule has 0 aromatic carbocycles.